The second-order valence-corrected chi connectivity index (χ2v) is 5.83. The van der Waals surface area contributed by atoms with Gasteiger partial charge in [0.2, 0.25) is 5.88 Å². The van der Waals surface area contributed by atoms with Crippen LogP contribution in [-0.2, 0) is 6.18 Å². The molecule has 0 atom stereocenters. The molecule has 23 heavy (non-hydrogen) atoms. The van der Waals surface area contributed by atoms with E-state index in [4.69, 9.17) is 39.5 Å². The van der Waals surface area contributed by atoms with Crippen molar-refractivity contribution in [2.75, 3.05) is 12.5 Å². The summed E-state index contributed by atoms with van der Waals surface area (Å²) in [5.41, 5.74) is -0.715. The summed E-state index contributed by atoms with van der Waals surface area (Å²) < 4.78 is 45.6. The van der Waals surface area contributed by atoms with Gasteiger partial charge in [0, 0.05) is 10.9 Å². The normalized spacial score (nSPS) is 11.7. The van der Waals surface area contributed by atoms with Crippen LogP contribution in [0.25, 0.3) is 5.69 Å². The molecule has 0 amide bonds. The lowest BCUT2D eigenvalue weighted by Gasteiger charge is -2.13. The minimum Gasteiger partial charge on any atom is -0.477 e. The Kier molecular flexibility index (Phi) is 6.06. The number of nitrogens with zero attached hydrogens (tertiary/aromatic N) is 2. The lowest BCUT2D eigenvalue weighted by molar-refractivity contribution is -0.139. The maximum absolute atomic E-state index is 13.1. The standard InChI is InChI=1S/C14H12Cl3F3N2O/c15-5-1-2-6-23-13-10(14(18,19)20)8-21-22(13)12-4-3-9(16)7-11(12)17/h3-4,7-8H,1-2,5-6H2. The summed E-state index contributed by atoms with van der Waals surface area (Å²) in [5.74, 6) is 0.00824. The van der Waals surface area contributed by atoms with Gasteiger partial charge >= 0.3 is 6.18 Å². The molecule has 2 rings (SSSR count). The van der Waals surface area contributed by atoms with Crippen LogP contribution in [0.15, 0.2) is 24.4 Å². The molecule has 0 N–H and O–H groups in total. The van der Waals surface area contributed by atoms with Crippen LogP contribution >= 0.6 is 34.8 Å². The van der Waals surface area contributed by atoms with Crippen LogP contribution in [0.5, 0.6) is 5.88 Å². The number of unbranched alkanes of at least 4 members (excludes halogenated alkanes) is 1. The van der Waals surface area contributed by atoms with E-state index >= 15 is 0 Å². The number of hydrogen-bond acceptors (Lipinski definition) is 2. The van der Waals surface area contributed by atoms with Crippen LogP contribution in [0.4, 0.5) is 13.2 Å². The van der Waals surface area contributed by atoms with Crippen LogP contribution in [0, 0.1) is 0 Å². The molecule has 126 valence electrons. The molecule has 0 unspecified atom stereocenters. The largest absolute Gasteiger partial charge is 0.477 e. The Labute approximate surface area is 145 Å². The van der Waals surface area contributed by atoms with Gasteiger partial charge in [-0.2, -0.15) is 23.0 Å². The Morgan fingerprint density at radius 1 is 1.17 bits per heavy atom. The Bertz CT molecular complexity index is 674. The Balaban J connectivity index is 2.40. The zero-order valence-corrected chi connectivity index (χ0v) is 14.0. The van der Waals surface area contributed by atoms with E-state index in [0.29, 0.717) is 29.9 Å². The second kappa shape index (κ2) is 7.64. The van der Waals surface area contributed by atoms with E-state index in [1.165, 1.54) is 18.2 Å². The SMILES string of the molecule is FC(F)(F)c1cnn(-c2ccc(Cl)cc2Cl)c1OCCCCCl. The molecule has 1 heterocycles. The summed E-state index contributed by atoms with van der Waals surface area (Å²) >= 11 is 17.4. The molecule has 0 bridgehead atoms. The third-order valence-corrected chi connectivity index (χ3v) is 3.74. The number of hydrogen-bond donors (Lipinski definition) is 0. The maximum atomic E-state index is 13.1. The van der Waals surface area contributed by atoms with E-state index in [1.54, 1.807) is 0 Å². The molecule has 0 saturated heterocycles. The fourth-order valence-electron chi connectivity index (χ4n) is 1.86. The molecule has 3 nitrogen and oxygen atoms in total. The molecular weight excluding hydrogens is 376 g/mol. The van der Waals surface area contributed by atoms with Crippen LogP contribution in [0.2, 0.25) is 10.0 Å². The fourth-order valence-corrected chi connectivity index (χ4v) is 2.54. The van der Waals surface area contributed by atoms with Crippen LogP contribution < -0.4 is 4.74 Å². The van der Waals surface area contributed by atoms with Crippen LogP contribution in [0.1, 0.15) is 18.4 Å². The van der Waals surface area contributed by atoms with Crippen molar-refractivity contribution < 1.29 is 17.9 Å². The van der Waals surface area contributed by atoms with Gasteiger partial charge in [-0.15, -0.1) is 11.6 Å². The Morgan fingerprint density at radius 3 is 2.52 bits per heavy atom. The molecule has 0 saturated carbocycles. The van der Waals surface area contributed by atoms with E-state index in [0.717, 1.165) is 4.68 Å². The third kappa shape index (κ3) is 4.46. The van der Waals surface area contributed by atoms with Crippen molar-refractivity contribution >= 4 is 34.8 Å². The molecule has 0 fully saturated rings. The van der Waals surface area contributed by atoms with Crippen molar-refractivity contribution in [3.8, 4) is 11.6 Å². The molecule has 1 aromatic heterocycles. The average molecular weight is 388 g/mol. The first-order chi connectivity index (χ1) is 10.8. The minimum atomic E-state index is -4.58. The fraction of sp³-hybridized carbons (Fsp3) is 0.357. The van der Waals surface area contributed by atoms with Crippen molar-refractivity contribution in [3.63, 3.8) is 0 Å². The van der Waals surface area contributed by atoms with Crippen molar-refractivity contribution in [2.24, 2.45) is 0 Å². The van der Waals surface area contributed by atoms with E-state index < -0.39 is 17.6 Å². The molecule has 9 heteroatoms. The number of benzene rings is 1. The smallest absolute Gasteiger partial charge is 0.423 e. The number of ether oxygens (including phenoxy) is 1. The quantitative estimate of drug-likeness (QED) is 0.477. The number of aromatic nitrogens is 2. The van der Waals surface area contributed by atoms with Gasteiger partial charge in [-0.25, -0.2) is 0 Å². The van der Waals surface area contributed by atoms with E-state index in [9.17, 15) is 13.2 Å². The highest BCUT2D eigenvalue weighted by atomic mass is 35.5. The monoisotopic (exact) mass is 386 g/mol. The first-order valence-electron chi connectivity index (χ1n) is 6.64. The maximum Gasteiger partial charge on any atom is 0.423 e. The molecule has 0 aliphatic carbocycles. The van der Waals surface area contributed by atoms with Gasteiger partial charge in [-0.3, -0.25) is 0 Å². The molecule has 0 aliphatic heterocycles. The van der Waals surface area contributed by atoms with Gasteiger partial charge in [0.25, 0.3) is 0 Å². The van der Waals surface area contributed by atoms with Crippen LogP contribution in [0.3, 0.4) is 0 Å². The minimum absolute atomic E-state index is 0.0900. The predicted octanol–water partition coefficient (Wildman–Crippen LogP) is 5.60. The number of halogens is 6. The highest BCUT2D eigenvalue weighted by Gasteiger charge is 2.38. The molecule has 0 radical (unpaired) electrons. The summed E-state index contributed by atoms with van der Waals surface area (Å²) in [6.45, 7) is 0.0900. The summed E-state index contributed by atoms with van der Waals surface area (Å²) in [6.07, 6.45) is -2.71. The predicted molar refractivity (Wildman–Crippen MR) is 84.0 cm³/mol. The zero-order chi connectivity index (χ0) is 17.0. The van der Waals surface area contributed by atoms with Gasteiger partial charge in [0.15, 0.2) is 0 Å². The van der Waals surface area contributed by atoms with E-state index in [2.05, 4.69) is 5.10 Å². The first-order valence-corrected chi connectivity index (χ1v) is 7.93. The highest BCUT2D eigenvalue weighted by molar-refractivity contribution is 6.35. The molecule has 1 aromatic carbocycles. The Hall–Kier alpha value is -1.11. The topological polar surface area (TPSA) is 27.1 Å². The van der Waals surface area contributed by atoms with Gasteiger partial charge in [0.05, 0.1) is 23.5 Å². The van der Waals surface area contributed by atoms with E-state index in [1.807, 2.05) is 0 Å². The van der Waals surface area contributed by atoms with Crippen molar-refractivity contribution in [3.05, 3.63) is 40.0 Å². The number of alkyl halides is 4. The molecule has 2 aromatic rings. The van der Waals surface area contributed by atoms with Crippen molar-refractivity contribution in [2.45, 2.75) is 19.0 Å². The molecule has 0 spiro atoms. The summed E-state index contributed by atoms with van der Waals surface area (Å²) in [5, 5.41) is 4.29. The Morgan fingerprint density at radius 2 is 1.91 bits per heavy atom. The summed E-state index contributed by atoms with van der Waals surface area (Å²) in [7, 11) is 0. The molecular formula is C14H12Cl3F3N2O. The average Bonchev–Trinajstić information content (AvgIpc) is 2.87. The first kappa shape index (κ1) is 18.2. The third-order valence-electron chi connectivity index (χ3n) is 2.94. The zero-order valence-electron chi connectivity index (χ0n) is 11.7. The summed E-state index contributed by atoms with van der Waals surface area (Å²) in [4.78, 5) is 0. The number of rotatable bonds is 6. The summed E-state index contributed by atoms with van der Waals surface area (Å²) in [6, 6.07) is 4.41. The van der Waals surface area contributed by atoms with E-state index in [-0.39, 0.29) is 17.3 Å². The lowest BCUT2D eigenvalue weighted by Crippen LogP contribution is -2.11. The van der Waals surface area contributed by atoms with Crippen LogP contribution in [-0.4, -0.2) is 22.3 Å². The van der Waals surface area contributed by atoms with Gasteiger partial charge in [-0.05, 0) is 31.0 Å². The van der Waals surface area contributed by atoms with Gasteiger partial charge < -0.3 is 4.74 Å². The second-order valence-electron chi connectivity index (χ2n) is 4.61. The molecule has 0 aliphatic rings. The van der Waals surface area contributed by atoms with Crippen molar-refractivity contribution in [1.82, 2.24) is 9.78 Å². The lowest BCUT2D eigenvalue weighted by atomic mass is 10.3. The highest BCUT2D eigenvalue weighted by Crippen LogP contribution is 2.38. The van der Waals surface area contributed by atoms with Crippen molar-refractivity contribution in [1.29, 1.82) is 0 Å². The van der Waals surface area contributed by atoms with Gasteiger partial charge in [0.1, 0.15) is 5.56 Å². The van der Waals surface area contributed by atoms with Gasteiger partial charge in [-0.1, -0.05) is 23.2 Å².